The fourth-order valence-electron chi connectivity index (χ4n) is 6.06. The number of amides is 1. The van der Waals surface area contributed by atoms with Gasteiger partial charge in [0, 0.05) is 18.5 Å². The Morgan fingerprint density at radius 2 is 1.82 bits per heavy atom. The molecule has 0 spiro atoms. The summed E-state index contributed by atoms with van der Waals surface area (Å²) in [5, 5.41) is 14.2. The molecule has 0 radical (unpaired) electrons. The van der Waals surface area contributed by atoms with Gasteiger partial charge in [-0.05, 0) is 60.9 Å². The number of anilines is 1. The minimum absolute atomic E-state index is 0.0260. The molecule has 2 unspecified atom stereocenters. The molecular formula is C24H22FN3O4S. The first-order valence-corrected chi connectivity index (χ1v) is 12.5. The van der Waals surface area contributed by atoms with E-state index >= 15 is 0 Å². The van der Waals surface area contributed by atoms with Gasteiger partial charge < -0.3 is 15.3 Å². The summed E-state index contributed by atoms with van der Waals surface area (Å²) in [5.74, 6) is -0.808. The number of carbonyl (C=O) groups is 1. The Morgan fingerprint density at radius 1 is 1.09 bits per heavy atom. The second-order valence-corrected chi connectivity index (χ2v) is 10.8. The predicted octanol–water partition coefficient (Wildman–Crippen LogP) is 3.61. The van der Waals surface area contributed by atoms with Crippen LogP contribution in [0.4, 0.5) is 10.1 Å². The summed E-state index contributed by atoms with van der Waals surface area (Å²) < 4.78 is 42.9. The molecule has 2 N–H and O–H groups in total. The van der Waals surface area contributed by atoms with E-state index in [1.54, 1.807) is 35.2 Å². The van der Waals surface area contributed by atoms with Crippen LogP contribution >= 0.6 is 0 Å². The van der Waals surface area contributed by atoms with Crippen LogP contribution in [0.2, 0.25) is 0 Å². The van der Waals surface area contributed by atoms with Crippen LogP contribution in [0.15, 0.2) is 69.2 Å². The summed E-state index contributed by atoms with van der Waals surface area (Å²) in [6.45, 7) is 0.247. The third kappa shape index (κ3) is 3.09. The zero-order chi connectivity index (χ0) is 22.9. The van der Waals surface area contributed by atoms with Gasteiger partial charge in [-0.2, -0.15) is 8.42 Å². The summed E-state index contributed by atoms with van der Waals surface area (Å²) in [5.41, 5.74) is 0.989. The molecule has 2 bridgehead atoms. The number of carbonyl (C=O) groups excluding carboxylic acids is 1. The highest BCUT2D eigenvalue weighted by atomic mass is 32.2. The first-order chi connectivity index (χ1) is 15.8. The monoisotopic (exact) mass is 467 g/mol. The van der Waals surface area contributed by atoms with Gasteiger partial charge in [-0.3, -0.25) is 4.79 Å². The van der Waals surface area contributed by atoms with Crippen molar-refractivity contribution in [2.45, 2.75) is 36.7 Å². The highest BCUT2D eigenvalue weighted by Gasteiger charge is 2.57. The third-order valence-corrected chi connectivity index (χ3v) is 8.75. The molecular weight excluding hydrogens is 445 g/mol. The molecule has 6 rings (SSSR count). The van der Waals surface area contributed by atoms with Crippen LogP contribution in [-0.4, -0.2) is 36.2 Å². The zero-order valence-corrected chi connectivity index (χ0v) is 18.4. The van der Waals surface area contributed by atoms with E-state index in [0.717, 1.165) is 24.8 Å². The van der Waals surface area contributed by atoms with Crippen LogP contribution in [0.5, 0.6) is 0 Å². The topological polar surface area (TPSA) is 99.1 Å². The molecule has 0 saturated heterocycles. The Labute approximate surface area is 190 Å². The van der Waals surface area contributed by atoms with Crippen molar-refractivity contribution in [2.75, 3.05) is 5.32 Å². The van der Waals surface area contributed by atoms with Crippen molar-refractivity contribution in [3.05, 3.63) is 71.2 Å². The lowest BCUT2D eigenvalue weighted by Gasteiger charge is -2.44. The Bertz CT molecular complexity index is 1340. The smallest absolute Gasteiger partial charge is 0.286 e. The van der Waals surface area contributed by atoms with E-state index in [1.165, 1.54) is 18.2 Å². The number of sulfonamides is 1. The minimum atomic E-state index is -4.03. The standard InChI is InChI=1S/C24H22FN3O4S/c25-16-9-5-13(6-10-16)12-28-21-15-8-7-14(11-15)19(21)22(29)20(24(28)30)23-26-17-3-1-2-4-18(17)33(31,32)27-23/h1-6,9-10,14-15,19,21,29H,7-8,11-12H2,(H,26,27)/t14-,15+,19?,21?/m1/s1. The Morgan fingerprint density at radius 3 is 2.61 bits per heavy atom. The van der Waals surface area contributed by atoms with Gasteiger partial charge in [0.2, 0.25) is 0 Å². The van der Waals surface area contributed by atoms with Crippen LogP contribution in [0.3, 0.4) is 0 Å². The molecule has 7 nitrogen and oxygen atoms in total. The molecule has 4 atom stereocenters. The molecule has 2 saturated carbocycles. The number of nitrogens with zero attached hydrogens (tertiary/aromatic N) is 2. The molecule has 2 fully saturated rings. The number of para-hydroxylation sites is 1. The lowest BCUT2D eigenvalue weighted by Crippen LogP contribution is -2.53. The molecule has 2 aromatic carbocycles. The molecule has 2 aliphatic carbocycles. The van der Waals surface area contributed by atoms with E-state index in [-0.39, 0.29) is 58.2 Å². The van der Waals surface area contributed by atoms with E-state index in [4.69, 9.17) is 0 Å². The number of nitrogens with one attached hydrogen (secondary N) is 1. The van der Waals surface area contributed by atoms with Crippen molar-refractivity contribution in [2.24, 2.45) is 22.2 Å². The molecule has 33 heavy (non-hydrogen) atoms. The van der Waals surface area contributed by atoms with Crippen LogP contribution in [0.1, 0.15) is 24.8 Å². The average Bonchev–Trinajstić information content (AvgIpc) is 3.40. The van der Waals surface area contributed by atoms with Crippen LogP contribution in [0, 0.1) is 23.6 Å². The van der Waals surface area contributed by atoms with Gasteiger partial charge in [-0.15, -0.1) is 4.40 Å². The zero-order valence-electron chi connectivity index (χ0n) is 17.6. The van der Waals surface area contributed by atoms with Crippen molar-refractivity contribution < 1.29 is 22.7 Å². The van der Waals surface area contributed by atoms with E-state index in [9.17, 15) is 22.7 Å². The second-order valence-electron chi connectivity index (χ2n) is 9.21. The first-order valence-electron chi connectivity index (χ1n) is 11.0. The molecule has 2 aliphatic heterocycles. The average molecular weight is 468 g/mol. The second kappa shape index (κ2) is 7.15. The maximum Gasteiger partial charge on any atom is 0.286 e. The molecule has 170 valence electrons. The van der Waals surface area contributed by atoms with Gasteiger partial charge in [-0.1, -0.05) is 24.3 Å². The number of aliphatic hydroxyl groups excluding tert-OH is 1. The first kappa shape index (κ1) is 20.4. The van der Waals surface area contributed by atoms with Crippen molar-refractivity contribution in [1.29, 1.82) is 0 Å². The van der Waals surface area contributed by atoms with E-state index < -0.39 is 15.9 Å². The molecule has 2 heterocycles. The Kier molecular flexibility index (Phi) is 4.42. The number of aliphatic hydroxyl groups is 1. The molecule has 4 aliphatic rings. The van der Waals surface area contributed by atoms with E-state index in [2.05, 4.69) is 9.71 Å². The van der Waals surface area contributed by atoms with Gasteiger partial charge in [0.1, 0.15) is 22.0 Å². The number of benzene rings is 2. The quantitative estimate of drug-likeness (QED) is 0.719. The van der Waals surface area contributed by atoms with Gasteiger partial charge in [0.15, 0.2) is 5.84 Å². The lowest BCUT2D eigenvalue weighted by atomic mass is 9.77. The normalized spacial score (nSPS) is 29.4. The number of fused-ring (bicyclic) bond motifs is 6. The van der Waals surface area contributed by atoms with Crippen LogP contribution in [-0.2, 0) is 21.4 Å². The van der Waals surface area contributed by atoms with Crippen molar-refractivity contribution in [3.63, 3.8) is 0 Å². The summed E-state index contributed by atoms with van der Waals surface area (Å²) in [6, 6.07) is 12.2. The maximum atomic E-state index is 13.8. The molecule has 2 aromatic rings. The maximum absolute atomic E-state index is 13.8. The third-order valence-electron chi connectivity index (χ3n) is 7.41. The van der Waals surface area contributed by atoms with Crippen molar-refractivity contribution >= 4 is 27.5 Å². The number of rotatable bonds is 3. The highest BCUT2D eigenvalue weighted by Crippen LogP contribution is 2.55. The fraction of sp³-hybridized carbons (Fsp3) is 0.333. The molecule has 9 heteroatoms. The summed E-state index contributed by atoms with van der Waals surface area (Å²) in [4.78, 5) is 15.5. The number of amidine groups is 1. The van der Waals surface area contributed by atoms with Crippen molar-refractivity contribution in [3.8, 4) is 0 Å². The summed E-state index contributed by atoms with van der Waals surface area (Å²) in [7, 11) is -4.03. The minimum Gasteiger partial charge on any atom is -0.511 e. The summed E-state index contributed by atoms with van der Waals surface area (Å²) >= 11 is 0. The van der Waals surface area contributed by atoms with Crippen LogP contribution in [0.25, 0.3) is 0 Å². The molecule has 1 amide bonds. The Hall–Kier alpha value is -3.20. The fourth-order valence-corrected chi connectivity index (χ4v) is 7.18. The number of hydrogen-bond donors (Lipinski definition) is 2. The lowest BCUT2D eigenvalue weighted by molar-refractivity contribution is -0.134. The van der Waals surface area contributed by atoms with Gasteiger partial charge >= 0.3 is 0 Å². The van der Waals surface area contributed by atoms with E-state index in [1.807, 2.05) is 0 Å². The van der Waals surface area contributed by atoms with Gasteiger partial charge in [-0.25, -0.2) is 4.39 Å². The number of hydrogen-bond acceptors (Lipinski definition) is 5. The highest BCUT2D eigenvalue weighted by molar-refractivity contribution is 7.90. The Balaban J connectivity index is 1.45. The predicted molar refractivity (Wildman–Crippen MR) is 119 cm³/mol. The summed E-state index contributed by atoms with van der Waals surface area (Å²) in [6.07, 6.45) is 2.87. The number of halogens is 1. The molecule has 0 aromatic heterocycles. The SMILES string of the molecule is O=C1C(C2=NS(=O)(=O)c3ccccc3N2)=C(O)C2C([C@H]3CC[C@@H]2C3)N1Cc1ccc(F)cc1. The van der Waals surface area contributed by atoms with Gasteiger partial charge in [0.05, 0.1) is 5.69 Å². The van der Waals surface area contributed by atoms with Crippen molar-refractivity contribution in [1.82, 2.24) is 4.90 Å². The van der Waals surface area contributed by atoms with E-state index in [0.29, 0.717) is 5.69 Å². The van der Waals surface area contributed by atoms with Gasteiger partial charge in [0.25, 0.3) is 15.9 Å². The largest absolute Gasteiger partial charge is 0.511 e. The van der Waals surface area contributed by atoms with Crippen LogP contribution < -0.4 is 5.32 Å².